The van der Waals surface area contributed by atoms with Gasteiger partial charge in [-0.05, 0) is 43.3 Å². The summed E-state index contributed by atoms with van der Waals surface area (Å²) in [7, 11) is 0. The fourth-order valence-corrected chi connectivity index (χ4v) is 1.84. The minimum absolute atomic E-state index is 0.295. The fraction of sp³-hybridized carbons (Fsp3) is 0.133. The molecular weight excluding hydrogens is 325 g/mol. The molecule has 1 amide bonds. The third-order valence-electron chi connectivity index (χ3n) is 2.59. The zero-order chi connectivity index (χ0) is 14.5. The standard InChI is InChI=1S/C15H13BrFNO2/c1-10(20-14-4-2-3-12(17)9-14)15(19)18-13-7-5-11(16)6-8-13/h2-10H,1H3,(H,18,19)/t10-/m1/s1. The maximum absolute atomic E-state index is 13.0. The summed E-state index contributed by atoms with van der Waals surface area (Å²) in [4.78, 5) is 11.9. The van der Waals surface area contributed by atoms with Gasteiger partial charge in [-0.1, -0.05) is 22.0 Å². The number of halogens is 2. The molecule has 0 unspecified atom stereocenters. The molecule has 104 valence electrons. The Labute approximate surface area is 124 Å². The summed E-state index contributed by atoms with van der Waals surface area (Å²) in [6.07, 6.45) is -0.722. The lowest BCUT2D eigenvalue weighted by Gasteiger charge is -2.14. The first-order valence-corrected chi connectivity index (χ1v) is 6.82. The minimum Gasteiger partial charge on any atom is -0.481 e. The first-order valence-electron chi connectivity index (χ1n) is 6.03. The maximum atomic E-state index is 13.0. The van der Waals surface area contributed by atoms with Crippen LogP contribution in [0.1, 0.15) is 6.92 Å². The van der Waals surface area contributed by atoms with Crippen LogP contribution in [0.3, 0.4) is 0 Å². The Morgan fingerprint density at radius 3 is 2.60 bits per heavy atom. The Balaban J connectivity index is 1.96. The van der Waals surface area contributed by atoms with E-state index in [0.29, 0.717) is 11.4 Å². The topological polar surface area (TPSA) is 38.3 Å². The highest BCUT2D eigenvalue weighted by Gasteiger charge is 2.15. The average Bonchev–Trinajstić information content (AvgIpc) is 2.41. The SMILES string of the molecule is C[C@@H](Oc1cccc(F)c1)C(=O)Nc1ccc(Br)cc1. The Hall–Kier alpha value is -1.88. The van der Waals surface area contributed by atoms with Gasteiger partial charge in [-0.25, -0.2) is 4.39 Å². The van der Waals surface area contributed by atoms with E-state index in [-0.39, 0.29) is 5.91 Å². The van der Waals surface area contributed by atoms with Crippen molar-refractivity contribution in [3.63, 3.8) is 0 Å². The molecule has 0 radical (unpaired) electrons. The van der Waals surface area contributed by atoms with Gasteiger partial charge in [0.15, 0.2) is 6.10 Å². The number of ether oxygens (including phenoxy) is 1. The summed E-state index contributed by atoms with van der Waals surface area (Å²) in [6.45, 7) is 1.61. The Kier molecular flexibility index (Phi) is 4.74. The predicted molar refractivity (Wildman–Crippen MR) is 79.3 cm³/mol. The van der Waals surface area contributed by atoms with Gasteiger partial charge in [-0.3, -0.25) is 4.79 Å². The molecule has 0 saturated heterocycles. The number of nitrogens with one attached hydrogen (secondary N) is 1. The van der Waals surface area contributed by atoms with E-state index in [4.69, 9.17) is 4.74 Å². The first-order chi connectivity index (χ1) is 9.54. The van der Waals surface area contributed by atoms with E-state index in [1.807, 2.05) is 12.1 Å². The summed E-state index contributed by atoms with van der Waals surface area (Å²) in [5, 5.41) is 2.73. The largest absolute Gasteiger partial charge is 0.481 e. The van der Waals surface area contributed by atoms with Gasteiger partial charge in [-0.15, -0.1) is 0 Å². The molecule has 0 aromatic heterocycles. The van der Waals surface area contributed by atoms with Gasteiger partial charge in [0.1, 0.15) is 11.6 Å². The fourth-order valence-electron chi connectivity index (χ4n) is 1.58. The third kappa shape index (κ3) is 4.06. The summed E-state index contributed by atoms with van der Waals surface area (Å²) in [5.41, 5.74) is 0.674. The number of hydrogen-bond donors (Lipinski definition) is 1. The van der Waals surface area contributed by atoms with E-state index in [1.165, 1.54) is 18.2 Å². The first kappa shape index (κ1) is 14.5. The van der Waals surface area contributed by atoms with Crippen LogP contribution in [-0.4, -0.2) is 12.0 Å². The van der Waals surface area contributed by atoms with Gasteiger partial charge in [0.05, 0.1) is 0 Å². The van der Waals surface area contributed by atoms with Gasteiger partial charge in [0.25, 0.3) is 5.91 Å². The van der Waals surface area contributed by atoms with Crippen molar-refractivity contribution in [2.45, 2.75) is 13.0 Å². The molecule has 3 nitrogen and oxygen atoms in total. The summed E-state index contributed by atoms with van der Waals surface area (Å²) in [5.74, 6) is -0.372. The Bertz CT molecular complexity index is 601. The van der Waals surface area contributed by atoms with E-state index >= 15 is 0 Å². The molecule has 2 aromatic rings. The Morgan fingerprint density at radius 2 is 1.95 bits per heavy atom. The van der Waals surface area contributed by atoms with Crippen molar-refractivity contribution in [1.29, 1.82) is 0 Å². The molecule has 0 heterocycles. The molecule has 0 aliphatic heterocycles. The van der Waals surface area contributed by atoms with Crippen molar-refractivity contribution in [2.24, 2.45) is 0 Å². The number of anilines is 1. The number of carbonyl (C=O) groups excluding carboxylic acids is 1. The molecule has 2 rings (SSSR count). The molecule has 0 aliphatic rings. The number of amides is 1. The molecule has 0 spiro atoms. The lowest BCUT2D eigenvalue weighted by atomic mass is 10.3. The molecule has 0 fully saturated rings. The zero-order valence-electron chi connectivity index (χ0n) is 10.8. The molecule has 1 N–H and O–H groups in total. The van der Waals surface area contributed by atoms with E-state index in [9.17, 15) is 9.18 Å². The van der Waals surface area contributed by atoms with Crippen LogP contribution in [0.5, 0.6) is 5.75 Å². The maximum Gasteiger partial charge on any atom is 0.265 e. The van der Waals surface area contributed by atoms with Gasteiger partial charge in [0.2, 0.25) is 0 Å². The molecule has 20 heavy (non-hydrogen) atoms. The lowest BCUT2D eigenvalue weighted by Crippen LogP contribution is -2.30. The minimum atomic E-state index is -0.722. The summed E-state index contributed by atoms with van der Waals surface area (Å²) < 4.78 is 19.3. The highest BCUT2D eigenvalue weighted by molar-refractivity contribution is 9.10. The van der Waals surface area contributed by atoms with Crippen molar-refractivity contribution in [2.75, 3.05) is 5.32 Å². The number of carbonyl (C=O) groups is 1. The quantitative estimate of drug-likeness (QED) is 0.915. The van der Waals surface area contributed by atoms with Crippen LogP contribution in [0.15, 0.2) is 53.0 Å². The van der Waals surface area contributed by atoms with Crippen LogP contribution < -0.4 is 10.1 Å². The summed E-state index contributed by atoms with van der Waals surface area (Å²) >= 11 is 3.32. The molecule has 0 bridgehead atoms. The third-order valence-corrected chi connectivity index (χ3v) is 3.12. The van der Waals surface area contributed by atoms with Crippen LogP contribution in [0.25, 0.3) is 0 Å². The van der Waals surface area contributed by atoms with E-state index < -0.39 is 11.9 Å². The molecule has 2 aromatic carbocycles. The molecule has 0 aliphatic carbocycles. The highest BCUT2D eigenvalue weighted by Crippen LogP contribution is 2.16. The zero-order valence-corrected chi connectivity index (χ0v) is 12.4. The van der Waals surface area contributed by atoms with Crippen molar-refractivity contribution in [3.8, 4) is 5.75 Å². The van der Waals surface area contributed by atoms with Crippen LogP contribution in [0, 0.1) is 5.82 Å². The predicted octanol–water partition coefficient (Wildman–Crippen LogP) is 3.99. The van der Waals surface area contributed by atoms with Crippen LogP contribution in [-0.2, 0) is 4.79 Å². The normalized spacial score (nSPS) is 11.8. The second-order valence-electron chi connectivity index (χ2n) is 4.21. The number of hydrogen-bond acceptors (Lipinski definition) is 2. The van der Waals surface area contributed by atoms with E-state index in [2.05, 4.69) is 21.2 Å². The van der Waals surface area contributed by atoms with Crippen molar-refractivity contribution < 1.29 is 13.9 Å². The average molecular weight is 338 g/mol. The monoisotopic (exact) mass is 337 g/mol. The highest BCUT2D eigenvalue weighted by atomic mass is 79.9. The van der Waals surface area contributed by atoms with E-state index in [0.717, 1.165) is 4.47 Å². The van der Waals surface area contributed by atoms with Gasteiger partial charge >= 0.3 is 0 Å². The molecule has 0 saturated carbocycles. The van der Waals surface area contributed by atoms with Crippen molar-refractivity contribution >= 4 is 27.5 Å². The van der Waals surface area contributed by atoms with Crippen LogP contribution in [0.2, 0.25) is 0 Å². The van der Waals surface area contributed by atoms with Crippen LogP contribution in [0.4, 0.5) is 10.1 Å². The van der Waals surface area contributed by atoms with Crippen molar-refractivity contribution in [3.05, 3.63) is 58.8 Å². The van der Waals surface area contributed by atoms with Gasteiger partial charge < -0.3 is 10.1 Å². The smallest absolute Gasteiger partial charge is 0.265 e. The number of benzene rings is 2. The van der Waals surface area contributed by atoms with Crippen LogP contribution >= 0.6 is 15.9 Å². The van der Waals surface area contributed by atoms with Crippen molar-refractivity contribution in [1.82, 2.24) is 0 Å². The molecular formula is C15H13BrFNO2. The second-order valence-corrected chi connectivity index (χ2v) is 5.13. The molecule has 1 atom stereocenters. The number of rotatable bonds is 4. The summed E-state index contributed by atoms with van der Waals surface area (Å²) in [6, 6.07) is 12.9. The van der Waals surface area contributed by atoms with Gasteiger partial charge in [0, 0.05) is 16.2 Å². The van der Waals surface area contributed by atoms with Gasteiger partial charge in [-0.2, -0.15) is 0 Å². The molecule has 5 heteroatoms. The second kappa shape index (κ2) is 6.52. The van der Waals surface area contributed by atoms with E-state index in [1.54, 1.807) is 25.1 Å². The Morgan fingerprint density at radius 1 is 1.25 bits per heavy atom. The lowest BCUT2D eigenvalue weighted by molar-refractivity contribution is -0.122.